The minimum atomic E-state index is -1.47. The van der Waals surface area contributed by atoms with E-state index >= 15 is 0 Å². The molecule has 0 atom stereocenters. The Balaban J connectivity index is 1.95. The van der Waals surface area contributed by atoms with Crippen LogP contribution in [0.25, 0.3) is 0 Å². The maximum atomic E-state index is 11.5. The Morgan fingerprint density at radius 2 is 1.52 bits per heavy atom. The molecule has 1 fully saturated rings. The van der Waals surface area contributed by atoms with E-state index in [9.17, 15) is 25.0 Å². The first-order valence-corrected chi connectivity index (χ1v) is 8.66. The maximum Gasteiger partial charge on any atom is 0.336 e. The first-order chi connectivity index (χ1) is 13.8. The van der Waals surface area contributed by atoms with Crippen molar-refractivity contribution >= 4 is 28.7 Å². The van der Waals surface area contributed by atoms with Crippen LogP contribution in [0.5, 0.6) is 5.75 Å². The molecule has 1 aliphatic heterocycles. The average Bonchev–Trinajstić information content (AvgIpc) is 2.72. The molecule has 0 spiro atoms. The summed E-state index contributed by atoms with van der Waals surface area (Å²) < 4.78 is 5.36. The standard InChI is InChI=1S/C18H18N4O7/c1-29-16-5-3-2-4-13(16)19-6-8-20(9-7-19)17-14(21(25)26)10-12(18(23)24)11-15(17)22(27)28/h2-5,10-11H,6-9H2,1H3,(H,23,24). The normalized spacial score (nSPS) is 13.8. The number of carboxylic acid groups (broad SMARTS) is 1. The highest BCUT2D eigenvalue weighted by molar-refractivity contribution is 5.92. The van der Waals surface area contributed by atoms with Crippen molar-refractivity contribution < 1.29 is 24.5 Å². The van der Waals surface area contributed by atoms with Gasteiger partial charge in [0.2, 0.25) is 0 Å². The topological polar surface area (TPSA) is 139 Å². The number of anilines is 2. The molecule has 0 saturated carbocycles. The summed E-state index contributed by atoms with van der Waals surface area (Å²) in [5, 5.41) is 32.2. The number of rotatable bonds is 6. The Kier molecular flexibility index (Phi) is 5.48. The van der Waals surface area contributed by atoms with Crippen LogP contribution in [0, 0.1) is 20.2 Å². The fraction of sp³-hybridized carbons (Fsp3) is 0.278. The molecule has 1 saturated heterocycles. The third-order valence-electron chi connectivity index (χ3n) is 4.73. The lowest BCUT2D eigenvalue weighted by molar-refractivity contribution is -0.392. The minimum Gasteiger partial charge on any atom is -0.495 e. The lowest BCUT2D eigenvalue weighted by Crippen LogP contribution is -2.47. The second-order valence-electron chi connectivity index (χ2n) is 6.33. The van der Waals surface area contributed by atoms with E-state index in [1.54, 1.807) is 12.0 Å². The first-order valence-electron chi connectivity index (χ1n) is 8.66. The molecule has 0 aromatic heterocycles. The van der Waals surface area contributed by atoms with Gasteiger partial charge in [-0.2, -0.15) is 0 Å². The van der Waals surface area contributed by atoms with Crippen molar-refractivity contribution in [2.24, 2.45) is 0 Å². The van der Waals surface area contributed by atoms with E-state index in [1.807, 2.05) is 29.2 Å². The number of carboxylic acids is 1. The number of methoxy groups -OCH3 is 1. The number of ether oxygens (including phenoxy) is 1. The number of para-hydroxylation sites is 2. The molecular weight excluding hydrogens is 384 g/mol. The van der Waals surface area contributed by atoms with E-state index in [0.29, 0.717) is 18.8 Å². The van der Waals surface area contributed by atoms with Gasteiger partial charge in [0.05, 0.1) is 28.2 Å². The third kappa shape index (κ3) is 3.88. The number of carbonyl (C=O) groups is 1. The van der Waals surface area contributed by atoms with Crippen molar-refractivity contribution in [3.8, 4) is 5.75 Å². The van der Waals surface area contributed by atoms with Crippen molar-refractivity contribution in [1.29, 1.82) is 0 Å². The third-order valence-corrected chi connectivity index (χ3v) is 4.73. The summed E-state index contributed by atoms with van der Waals surface area (Å²) in [6.45, 7) is 1.48. The van der Waals surface area contributed by atoms with Crippen LogP contribution in [-0.2, 0) is 0 Å². The van der Waals surface area contributed by atoms with Crippen molar-refractivity contribution in [2.45, 2.75) is 0 Å². The van der Waals surface area contributed by atoms with Gasteiger partial charge in [0.15, 0.2) is 5.69 Å². The molecule has 1 heterocycles. The summed E-state index contributed by atoms with van der Waals surface area (Å²) >= 11 is 0. The quantitative estimate of drug-likeness (QED) is 0.570. The van der Waals surface area contributed by atoms with E-state index in [-0.39, 0.29) is 18.8 Å². The van der Waals surface area contributed by atoms with Gasteiger partial charge in [-0.1, -0.05) is 12.1 Å². The van der Waals surface area contributed by atoms with Gasteiger partial charge in [-0.25, -0.2) is 4.79 Å². The van der Waals surface area contributed by atoms with Gasteiger partial charge in [-0.3, -0.25) is 20.2 Å². The van der Waals surface area contributed by atoms with Crippen LogP contribution in [0.15, 0.2) is 36.4 Å². The van der Waals surface area contributed by atoms with Crippen molar-refractivity contribution in [3.05, 3.63) is 62.2 Å². The Bertz CT molecular complexity index is 935. The smallest absolute Gasteiger partial charge is 0.336 e. The van der Waals surface area contributed by atoms with Crippen LogP contribution >= 0.6 is 0 Å². The Morgan fingerprint density at radius 3 is 2.00 bits per heavy atom. The summed E-state index contributed by atoms with van der Waals surface area (Å²) in [5.74, 6) is -0.785. The minimum absolute atomic E-state index is 0.176. The maximum absolute atomic E-state index is 11.5. The van der Waals surface area contributed by atoms with Crippen LogP contribution in [0.2, 0.25) is 0 Å². The van der Waals surface area contributed by atoms with E-state index in [1.165, 1.54) is 0 Å². The highest BCUT2D eigenvalue weighted by Gasteiger charge is 2.34. The average molecular weight is 402 g/mol. The summed E-state index contributed by atoms with van der Waals surface area (Å²) in [6, 6.07) is 9.14. The molecule has 29 heavy (non-hydrogen) atoms. The van der Waals surface area contributed by atoms with Gasteiger partial charge in [-0.05, 0) is 12.1 Å². The molecule has 2 aromatic carbocycles. The monoisotopic (exact) mass is 402 g/mol. The van der Waals surface area contributed by atoms with Crippen LogP contribution < -0.4 is 14.5 Å². The largest absolute Gasteiger partial charge is 0.495 e. The zero-order chi connectivity index (χ0) is 21.1. The fourth-order valence-electron chi connectivity index (χ4n) is 3.39. The molecule has 0 unspecified atom stereocenters. The van der Waals surface area contributed by atoms with Crippen LogP contribution in [0.3, 0.4) is 0 Å². The number of piperazine rings is 1. The van der Waals surface area contributed by atoms with Gasteiger partial charge in [0, 0.05) is 38.3 Å². The number of nitro groups is 2. The Hall–Kier alpha value is -3.89. The highest BCUT2D eigenvalue weighted by Crippen LogP contribution is 2.40. The lowest BCUT2D eigenvalue weighted by Gasteiger charge is -2.37. The van der Waals surface area contributed by atoms with E-state index in [2.05, 4.69) is 0 Å². The molecule has 0 radical (unpaired) electrons. The van der Waals surface area contributed by atoms with E-state index in [0.717, 1.165) is 17.8 Å². The highest BCUT2D eigenvalue weighted by atomic mass is 16.6. The predicted octanol–water partition coefficient (Wildman–Crippen LogP) is 2.54. The van der Waals surface area contributed by atoms with Crippen molar-refractivity contribution in [2.75, 3.05) is 43.1 Å². The van der Waals surface area contributed by atoms with Gasteiger partial charge in [-0.15, -0.1) is 0 Å². The summed E-state index contributed by atoms with van der Waals surface area (Å²) in [7, 11) is 1.56. The second-order valence-corrected chi connectivity index (χ2v) is 6.33. The van der Waals surface area contributed by atoms with Crippen molar-refractivity contribution in [3.63, 3.8) is 0 Å². The molecule has 3 rings (SSSR count). The summed E-state index contributed by atoms with van der Waals surface area (Å²) in [5.41, 5.74) is -1.01. The molecule has 11 heteroatoms. The zero-order valence-electron chi connectivity index (χ0n) is 15.5. The number of benzene rings is 2. The number of hydrogen-bond acceptors (Lipinski definition) is 8. The molecular formula is C18H18N4O7. The lowest BCUT2D eigenvalue weighted by atomic mass is 10.1. The zero-order valence-corrected chi connectivity index (χ0v) is 15.5. The number of hydrogen-bond donors (Lipinski definition) is 1. The number of aromatic carboxylic acids is 1. The van der Waals surface area contributed by atoms with Gasteiger partial charge >= 0.3 is 17.3 Å². The second kappa shape index (κ2) is 8.00. The van der Waals surface area contributed by atoms with E-state index < -0.39 is 32.8 Å². The summed E-state index contributed by atoms with van der Waals surface area (Å²) in [4.78, 5) is 36.3. The molecule has 0 aliphatic carbocycles. The van der Waals surface area contributed by atoms with Gasteiger partial charge < -0.3 is 19.6 Å². The molecule has 152 valence electrons. The van der Waals surface area contributed by atoms with Gasteiger partial charge in [0.1, 0.15) is 5.75 Å². The molecule has 0 amide bonds. The molecule has 1 N–H and O–H groups in total. The Morgan fingerprint density at radius 1 is 1.00 bits per heavy atom. The van der Waals surface area contributed by atoms with Crippen LogP contribution in [0.1, 0.15) is 10.4 Å². The van der Waals surface area contributed by atoms with E-state index in [4.69, 9.17) is 9.84 Å². The summed E-state index contributed by atoms with van der Waals surface area (Å²) in [6.07, 6.45) is 0. The fourth-order valence-corrected chi connectivity index (χ4v) is 3.39. The predicted molar refractivity (Wildman–Crippen MR) is 104 cm³/mol. The van der Waals surface area contributed by atoms with Crippen LogP contribution in [0.4, 0.5) is 22.7 Å². The van der Waals surface area contributed by atoms with Crippen LogP contribution in [-0.4, -0.2) is 54.2 Å². The first kappa shape index (κ1) is 19.9. The molecule has 1 aliphatic rings. The molecule has 11 nitrogen and oxygen atoms in total. The number of nitrogens with zero attached hydrogens (tertiary/aromatic N) is 4. The number of nitro benzene ring substituents is 2. The van der Waals surface area contributed by atoms with Gasteiger partial charge in [0.25, 0.3) is 0 Å². The van der Waals surface area contributed by atoms with Crippen molar-refractivity contribution in [1.82, 2.24) is 0 Å². The SMILES string of the molecule is COc1ccccc1N1CCN(c2c([N+](=O)[O-])cc(C(=O)O)cc2[N+](=O)[O-])CC1. The molecule has 2 aromatic rings. The Labute approximate surface area is 165 Å². The molecule has 0 bridgehead atoms.